The van der Waals surface area contributed by atoms with Gasteiger partial charge in [0, 0.05) is 17.2 Å². The molecule has 0 aliphatic carbocycles. The third kappa shape index (κ3) is 4.65. The van der Waals surface area contributed by atoms with Gasteiger partial charge in [-0.05, 0) is 47.7 Å². The van der Waals surface area contributed by atoms with Gasteiger partial charge in [0.15, 0.2) is 0 Å². The van der Waals surface area contributed by atoms with Gasteiger partial charge in [-0.1, -0.05) is 30.3 Å². The highest BCUT2D eigenvalue weighted by Gasteiger charge is 2.17. The molecule has 0 spiro atoms. The molecule has 0 saturated carbocycles. The molecule has 0 saturated heterocycles. The molecule has 110 valence electrons. The van der Waals surface area contributed by atoms with E-state index >= 15 is 0 Å². The lowest BCUT2D eigenvalue weighted by molar-refractivity contribution is 0.0925. The minimum atomic E-state index is -0.168. The summed E-state index contributed by atoms with van der Waals surface area (Å²) < 4.78 is 0.854. The van der Waals surface area contributed by atoms with E-state index in [9.17, 15) is 4.79 Å². The smallest absolute Gasteiger partial charge is 0.270 e. The Hall–Kier alpha value is -1.72. The number of carbonyl (C=O) groups excluding carboxylic acids is 1. The first-order valence-electron chi connectivity index (χ1n) is 6.68. The average molecular weight is 348 g/mol. The summed E-state index contributed by atoms with van der Waals surface area (Å²) in [7, 11) is 3.97. The van der Waals surface area contributed by atoms with Gasteiger partial charge in [0.05, 0.1) is 6.04 Å². The number of likely N-dealkylation sites (N-methyl/N-ethyl adjacent to an activating group) is 1. The first kappa shape index (κ1) is 15.7. The second-order valence-corrected chi connectivity index (χ2v) is 5.98. The van der Waals surface area contributed by atoms with Gasteiger partial charge in [0.25, 0.3) is 5.91 Å². The SMILES string of the molecule is CN(C)CC(NC(=O)c1ccc(Br)cn1)c1ccccc1. The lowest BCUT2D eigenvalue weighted by atomic mass is 10.1. The number of rotatable bonds is 5. The molecule has 0 aliphatic rings. The van der Waals surface area contributed by atoms with E-state index < -0.39 is 0 Å². The maximum Gasteiger partial charge on any atom is 0.270 e. The van der Waals surface area contributed by atoms with Gasteiger partial charge in [-0.25, -0.2) is 4.98 Å². The Morgan fingerprint density at radius 3 is 2.52 bits per heavy atom. The van der Waals surface area contributed by atoms with E-state index in [2.05, 4.69) is 26.2 Å². The molecule has 1 atom stereocenters. The second-order valence-electron chi connectivity index (χ2n) is 5.06. The maximum atomic E-state index is 12.3. The molecular weight excluding hydrogens is 330 g/mol. The van der Waals surface area contributed by atoms with Gasteiger partial charge < -0.3 is 10.2 Å². The van der Waals surface area contributed by atoms with Crippen LogP contribution in [0, 0.1) is 0 Å². The quantitative estimate of drug-likeness (QED) is 0.904. The number of nitrogens with one attached hydrogen (secondary N) is 1. The van der Waals surface area contributed by atoms with Crippen molar-refractivity contribution >= 4 is 21.8 Å². The Bertz CT molecular complexity index is 584. The molecule has 1 amide bonds. The minimum absolute atomic E-state index is 0.0702. The Kier molecular flexibility index (Phi) is 5.47. The molecule has 2 rings (SSSR count). The van der Waals surface area contributed by atoms with Crippen molar-refractivity contribution in [2.45, 2.75) is 6.04 Å². The monoisotopic (exact) mass is 347 g/mol. The van der Waals surface area contributed by atoms with Crippen LogP contribution in [0.1, 0.15) is 22.1 Å². The van der Waals surface area contributed by atoms with Gasteiger partial charge in [-0.2, -0.15) is 0 Å². The molecule has 0 aliphatic heterocycles. The fraction of sp³-hybridized carbons (Fsp3) is 0.250. The van der Waals surface area contributed by atoms with E-state index in [4.69, 9.17) is 0 Å². The lowest BCUT2D eigenvalue weighted by Crippen LogP contribution is -2.35. The summed E-state index contributed by atoms with van der Waals surface area (Å²) in [5.41, 5.74) is 1.49. The molecule has 4 nitrogen and oxygen atoms in total. The van der Waals surface area contributed by atoms with Gasteiger partial charge >= 0.3 is 0 Å². The minimum Gasteiger partial charge on any atom is -0.343 e. The molecular formula is C16H18BrN3O. The van der Waals surface area contributed by atoms with Gasteiger partial charge in [0.1, 0.15) is 5.69 Å². The third-order valence-corrected chi connectivity index (χ3v) is 3.48. The Morgan fingerprint density at radius 2 is 1.95 bits per heavy atom. The van der Waals surface area contributed by atoms with Gasteiger partial charge in [0.2, 0.25) is 0 Å². The standard InChI is InChI=1S/C16H18BrN3O/c1-20(2)11-15(12-6-4-3-5-7-12)19-16(21)14-9-8-13(17)10-18-14/h3-10,15H,11H2,1-2H3,(H,19,21). The summed E-state index contributed by atoms with van der Waals surface area (Å²) in [6.07, 6.45) is 1.62. The Labute approximate surface area is 133 Å². The fourth-order valence-corrected chi connectivity index (χ4v) is 2.26. The van der Waals surface area contributed by atoms with Crippen LogP contribution < -0.4 is 5.32 Å². The number of benzene rings is 1. The van der Waals surface area contributed by atoms with E-state index in [1.165, 1.54) is 0 Å². The van der Waals surface area contributed by atoms with Gasteiger partial charge in [-0.3, -0.25) is 4.79 Å². The predicted octanol–water partition coefficient (Wildman–Crippen LogP) is 2.88. The molecule has 21 heavy (non-hydrogen) atoms. The van der Waals surface area contributed by atoms with Crippen molar-refractivity contribution in [1.29, 1.82) is 0 Å². The van der Waals surface area contributed by atoms with Crippen LogP contribution >= 0.6 is 15.9 Å². The lowest BCUT2D eigenvalue weighted by Gasteiger charge is -2.22. The highest BCUT2D eigenvalue weighted by molar-refractivity contribution is 9.10. The van der Waals surface area contributed by atoms with Crippen LogP contribution in [0.5, 0.6) is 0 Å². The second kappa shape index (κ2) is 7.33. The first-order chi connectivity index (χ1) is 10.1. The molecule has 0 fully saturated rings. The van der Waals surface area contributed by atoms with Crippen molar-refractivity contribution in [1.82, 2.24) is 15.2 Å². The van der Waals surface area contributed by atoms with E-state index in [0.29, 0.717) is 5.69 Å². The summed E-state index contributed by atoms with van der Waals surface area (Å²) in [6.45, 7) is 0.728. The van der Waals surface area contributed by atoms with Crippen LogP contribution in [-0.2, 0) is 0 Å². The highest BCUT2D eigenvalue weighted by atomic mass is 79.9. The number of halogens is 1. The topological polar surface area (TPSA) is 45.2 Å². The molecule has 2 aromatic rings. The number of carbonyl (C=O) groups is 1. The van der Waals surface area contributed by atoms with Crippen molar-refractivity contribution < 1.29 is 4.79 Å². The predicted molar refractivity (Wildman–Crippen MR) is 87.1 cm³/mol. The number of nitrogens with zero attached hydrogens (tertiary/aromatic N) is 2. The molecule has 0 bridgehead atoms. The zero-order chi connectivity index (χ0) is 15.2. The summed E-state index contributed by atoms with van der Waals surface area (Å²) >= 11 is 3.31. The molecule has 1 heterocycles. The van der Waals surface area contributed by atoms with Crippen LogP contribution in [0.15, 0.2) is 53.1 Å². The molecule has 1 aromatic heterocycles. The van der Waals surface area contributed by atoms with Crippen LogP contribution in [0.3, 0.4) is 0 Å². The highest BCUT2D eigenvalue weighted by Crippen LogP contribution is 2.14. The maximum absolute atomic E-state index is 12.3. The number of pyridine rings is 1. The fourth-order valence-electron chi connectivity index (χ4n) is 2.03. The number of aromatic nitrogens is 1. The van der Waals surface area contributed by atoms with E-state index in [1.807, 2.05) is 55.4 Å². The van der Waals surface area contributed by atoms with Crippen molar-refractivity contribution in [3.63, 3.8) is 0 Å². The first-order valence-corrected chi connectivity index (χ1v) is 7.47. The summed E-state index contributed by atoms with van der Waals surface area (Å²) in [4.78, 5) is 18.5. The summed E-state index contributed by atoms with van der Waals surface area (Å²) in [5, 5.41) is 3.04. The van der Waals surface area contributed by atoms with Crippen molar-refractivity contribution in [2.24, 2.45) is 0 Å². The largest absolute Gasteiger partial charge is 0.343 e. The molecule has 1 aromatic carbocycles. The molecule has 0 radical (unpaired) electrons. The van der Waals surface area contributed by atoms with E-state index in [-0.39, 0.29) is 11.9 Å². The van der Waals surface area contributed by atoms with Gasteiger partial charge in [-0.15, -0.1) is 0 Å². The molecule has 5 heteroatoms. The Balaban J connectivity index is 2.15. The van der Waals surface area contributed by atoms with Crippen LogP contribution in [-0.4, -0.2) is 36.4 Å². The number of hydrogen-bond acceptors (Lipinski definition) is 3. The van der Waals surface area contributed by atoms with Crippen molar-refractivity contribution in [3.05, 3.63) is 64.4 Å². The van der Waals surface area contributed by atoms with Crippen LogP contribution in [0.25, 0.3) is 0 Å². The molecule has 1 unspecified atom stereocenters. The average Bonchev–Trinajstić information content (AvgIpc) is 2.47. The Morgan fingerprint density at radius 1 is 1.24 bits per heavy atom. The third-order valence-electron chi connectivity index (χ3n) is 3.02. The van der Waals surface area contributed by atoms with E-state index in [0.717, 1.165) is 16.6 Å². The number of amides is 1. The normalized spacial score (nSPS) is 12.2. The number of hydrogen-bond donors (Lipinski definition) is 1. The zero-order valence-electron chi connectivity index (χ0n) is 12.1. The van der Waals surface area contributed by atoms with Crippen molar-refractivity contribution in [3.8, 4) is 0 Å². The van der Waals surface area contributed by atoms with Crippen molar-refractivity contribution in [2.75, 3.05) is 20.6 Å². The summed E-state index contributed by atoms with van der Waals surface area (Å²) in [5.74, 6) is -0.168. The molecule has 1 N–H and O–H groups in total. The summed E-state index contributed by atoms with van der Waals surface area (Å²) in [6, 6.07) is 13.4. The van der Waals surface area contributed by atoms with Crippen LogP contribution in [0.4, 0.5) is 0 Å². The van der Waals surface area contributed by atoms with E-state index in [1.54, 1.807) is 12.3 Å². The van der Waals surface area contributed by atoms with Crippen LogP contribution in [0.2, 0.25) is 0 Å². The zero-order valence-corrected chi connectivity index (χ0v) is 13.7.